The van der Waals surface area contributed by atoms with Crippen LogP contribution in [0.4, 0.5) is 0 Å². The topological polar surface area (TPSA) is 85.8 Å². The van der Waals surface area contributed by atoms with E-state index < -0.39 is 5.63 Å². The molecule has 2 aromatic carbocycles. The minimum atomic E-state index is -0.409. The summed E-state index contributed by atoms with van der Waals surface area (Å²) < 4.78 is 11.4. The van der Waals surface area contributed by atoms with Gasteiger partial charge in [-0.15, -0.1) is 12.4 Å². The quantitative estimate of drug-likeness (QED) is 0.615. The number of likely N-dealkylation sites (tertiary alicyclic amines) is 1. The molecule has 31 heavy (non-hydrogen) atoms. The van der Waals surface area contributed by atoms with Crippen molar-refractivity contribution in [2.45, 2.75) is 30.9 Å². The molecule has 2 saturated heterocycles. The van der Waals surface area contributed by atoms with Crippen molar-refractivity contribution in [1.29, 1.82) is 0 Å². The third kappa shape index (κ3) is 4.11. The summed E-state index contributed by atoms with van der Waals surface area (Å²) in [6, 6.07) is 16.5. The van der Waals surface area contributed by atoms with Gasteiger partial charge in [0.15, 0.2) is 0 Å². The van der Waals surface area contributed by atoms with Crippen LogP contribution in [0.2, 0.25) is 0 Å². The van der Waals surface area contributed by atoms with Gasteiger partial charge in [-0.05, 0) is 49.1 Å². The van der Waals surface area contributed by atoms with E-state index in [4.69, 9.17) is 14.9 Å². The fourth-order valence-electron chi connectivity index (χ4n) is 4.61. The number of carbonyl (C=O) groups excluding carboxylic acids is 1. The van der Waals surface area contributed by atoms with E-state index in [1.807, 2.05) is 41.3 Å². The fourth-order valence-corrected chi connectivity index (χ4v) is 4.61. The van der Waals surface area contributed by atoms with Crippen molar-refractivity contribution in [3.63, 3.8) is 0 Å². The smallest absolute Gasteiger partial charge is 0.344 e. The Balaban J connectivity index is 0.00000231. The number of hydrogen-bond donors (Lipinski definition) is 1. The predicted molar refractivity (Wildman–Crippen MR) is 122 cm³/mol. The van der Waals surface area contributed by atoms with Crippen LogP contribution < -0.4 is 11.4 Å². The molecule has 6 nitrogen and oxygen atoms in total. The molecule has 1 aromatic heterocycles. The average Bonchev–Trinajstić information content (AvgIpc) is 3.13. The van der Waals surface area contributed by atoms with E-state index in [0.29, 0.717) is 42.0 Å². The van der Waals surface area contributed by atoms with Gasteiger partial charge < -0.3 is 19.8 Å². The number of halogens is 1. The van der Waals surface area contributed by atoms with Crippen LogP contribution in [0.3, 0.4) is 0 Å². The van der Waals surface area contributed by atoms with Gasteiger partial charge in [-0.2, -0.15) is 0 Å². The lowest BCUT2D eigenvalue weighted by atomic mass is 9.87. The number of amides is 1. The van der Waals surface area contributed by atoms with E-state index in [1.54, 1.807) is 18.2 Å². The maximum atomic E-state index is 13.1. The fraction of sp³-hybridized carbons (Fsp3) is 0.333. The van der Waals surface area contributed by atoms with Gasteiger partial charge in [0.2, 0.25) is 0 Å². The summed E-state index contributed by atoms with van der Waals surface area (Å²) in [6.07, 6.45) is 2.48. The van der Waals surface area contributed by atoms with Crippen molar-refractivity contribution in [2.24, 2.45) is 5.73 Å². The molecule has 3 aromatic rings. The maximum Gasteiger partial charge on any atom is 0.344 e. The molecule has 2 aliphatic rings. The highest BCUT2D eigenvalue weighted by Gasteiger charge is 2.42. The number of benzene rings is 2. The standard InChI is InChI=1S/C24H24N2O4.ClH/c25-19-14-24(29-15-19)8-10-26(11-9-24)22(27)18-6-3-5-16(12-18)20-13-17-4-1-2-7-21(17)30-23(20)28;/h1-7,12-13,19H,8-11,14-15,25H2;1H. The molecule has 1 amide bonds. The second-order valence-corrected chi connectivity index (χ2v) is 8.32. The second kappa shape index (κ2) is 8.46. The molecule has 5 rings (SSSR count). The van der Waals surface area contributed by atoms with Gasteiger partial charge in [-0.25, -0.2) is 4.79 Å². The molecule has 1 atom stereocenters. The van der Waals surface area contributed by atoms with E-state index in [-0.39, 0.29) is 30.0 Å². The summed E-state index contributed by atoms with van der Waals surface area (Å²) in [7, 11) is 0. The molecule has 3 heterocycles. The molecule has 162 valence electrons. The lowest BCUT2D eigenvalue weighted by Crippen LogP contribution is -2.46. The predicted octanol–water partition coefficient (Wildman–Crippen LogP) is 3.60. The average molecular weight is 441 g/mol. The maximum absolute atomic E-state index is 13.1. The van der Waals surface area contributed by atoms with Gasteiger partial charge in [0.25, 0.3) is 5.91 Å². The number of nitrogens with zero attached hydrogens (tertiary/aromatic N) is 1. The van der Waals surface area contributed by atoms with Crippen molar-refractivity contribution in [2.75, 3.05) is 19.7 Å². The summed E-state index contributed by atoms with van der Waals surface area (Å²) >= 11 is 0. The SMILES string of the molecule is Cl.NC1COC2(CCN(C(=O)c3cccc(-c4cc5ccccc5oc4=O)c3)CC2)C1. The Morgan fingerprint density at radius 1 is 1.06 bits per heavy atom. The first-order valence-electron chi connectivity index (χ1n) is 10.4. The molecular weight excluding hydrogens is 416 g/mol. The molecular formula is C24H25ClN2O4. The summed E-state index contributed by atoms with van der Waals surface area (Å²) in [5.74, 6) is -0.0285. The first kappa shape index (κ1) is 21.6. The molecule has 7 heteroatoms. The summed E-state index contributed by atoms with van der Waals surface area (Å²) in [6.45, 7) is 1.89. The zero-order valence-electron chi connectivity index (χ0n) is 17.1. The Morgan fingerprint density at radius 2 is 1.84 bits per heavy atom. The normalized spacial score (nSPS) is 20.0. The van der Waals surface area contributed by atoms with Gasteiger partial charge >= 0.3 is 5.63 Å². The van der Waals surface area contributed by atoms with Crippen LogP contribution in [-0.4, -0.2) is 42.1 Å². The van der Waals surface area contributed by atoms with Gasteiger partial charge in [0, 0.05) is 30.1 Å². The minimum Gasteiger partial charge on any atom is -0.422 e. The van der Waals surface area contributed by atoms with E-state index in [1.165, 1.54) is 0 Å². The molecule has 2 N–H and O–H groups in total. The van der Waals surface area contributed by atoms with Crippen molar-refractivity contribution in [3.05, 3.63) is 70.6 Å². The molecule has 0 aliphatic carbocycles. The number of carbonyl (C=O) groups is 1. The number of fused-ring (bicyclic) bond motifs is 1. The lowest BCUT2D eigenvalue weighted by Gasteiger charge is -2.38. The van der Waals surface area contributed by atoms with Gasteiger partial charge in [-0.1, -0.05) is 30.3 Å². The van der Waals surface area contributed by atoms with Crippen LogP contribution in [0.5, 0.6) is 0 Å². The Hall–Kier alpha value is -2.67. The first-order chi connectivity index (χ1) is 14.5. The number of hydrogen-bond acceptors (Lipinski definition) is 5. The molecule has 1 unspecified atom stereocenters. The van der Waals surface area contributed by atoms with Crippen LogP contribution in [0.1, 0.15) is 29.6 Å². The van der Waals surface area contributed by atoms with Crippen molar-refractivity contribution in [1.82, 2.24) is 4.90 Å². The van der Waals surface area contributed by atoms with Crippen LogP contribution in [0.25, 0.3) is 22.1 Å². The Kier molecular flexibility index (Phi) is 5.88. The second-order valence-electron chi connectivity index (χ2n) is 8.32. The minimum absolute atomic E-state index is 0. The van der Waals surface area contributed by atoms with Crippen LogP contribution in [0.15, 0.2) is 63.8 Å². The monoisotopic (exact) mass is 440 g/mol. The molecule has 0 saturated carbocycles. The first-order valence-corrected chi connectivity index (χ1v) is 10.4. The van der Waals surface area contributed by atoms with Crippen LogP contribution >= 0.6 is 12.4 Å². The molecule has 2 fully saturated rings. The summed E-state index contributed by atoms with van der Waals surface area (Å²) in [5, 5.41) is 0.847. The molecule has 0 radical (unpaired) electrons. The largest absolute Gasteiger partial charge is 0.422 e. The van der Waals surface area contributed by atoms with E-state index in [2.05, 4.69) is 0 Å². The highest BCUT2D eigenvalue weighted by Crippen LogP contribution is 2.35. The summed E-state index contributed by atoms with van der Waals surface area (Å²) in [5.41, 5.74) is 7.68. The van der Waals surface area contributed by atoms with E-state index in [9.17, 15) is 9.59 Å². The number of piperidine rings is 1. The summed E-state index contributed by atoms with van der Waals surface area (Å²) in [4.78, 5) is 27.5. The highest BCUT2D eigenvalue weighted by atomic mass is 35.5. The van der Waals surface area contributed by atoms with Crippen molar-refractivity contribution >= 4 is 29.3 Å². The number of para-hydroxylation sites is 1. The molecule has 0 bridgehead atoms. The Labute approximate surface area is 186 Å². The third-order valence-corrected chi connectivity index (χ3v) is 6.26. The van der Waals surface area contributed by atoms with E-state index in [0.717, 1.165) is 24.6 Å². The Morgan fingerprint density at radius 3 is 2.58 bits per heavy atom. The highest BCUT2D eigenvalue weighted by molar-refractivity contribution is 5.95. The molecule has 2 aliphatic heterocycles. The lowest BCUT2D eigenvalue weighted by molar-refractivity contribution is -0.0388. The zero-order chi connectivity index (χ0) is 20.7. The van der Waals surface area contributed by atoms with Crippen molar-refractivity contribution in [3.8, 4) is 11.1 Å². The third-order valence-electron chi connectivity index (χ3n) is 6.26. The Bertz CT molecular complexity index is 1170. The van der Waals surface area contributed by atoms with Gasteiger partial charge in [0.05, 0.1) is 17.8 Å². The molecule has 1 spiro atoms. The number of nitrogens with two attached hydrogens (primary N) is 1. The van der Waals surface area contributed by atoms with E-state index >= 15 is 0 Å². The number of ether oxygens (including phenoxy) is 1. The van der Waals surface area contributed by atoms with Crippen LogP contribution in [-0.2, 0) is 4.74 Å². The van der Waals surface area contributed by atoms with Crippen molar-refractivity contribution < 1.29 is 13.9 Å². The number of rotatable bonds is 2. The van der Waals surface area contributed by atoms with Crippen LogP contribution in [0, 0.1) is 0 Å². The van der Waals surface area contributed by atoms with Gasteiger partial charge in [0.1, 0.15) is 5.58 Å². The van der Waals surface area contributed by atoms with Gasteiger partial charge in [-0.3, -0.25) is 4.79 Å². The zero-order valence-corrected chi connectivity index (χ0v) is 17.9.